The smallest absolute Gasteiger partial charge is 0.165 e. The van der Waals surface area contributed by atoms with E-state index in [1.807, 2.05) is 36.5 Å². The van der Waals surface area contributed by atoms with Crippen LogP contribution in [0.1, 0.15) is 12.6 Å². The summed E-state index contributed by atoms with van der Waals surface area (Å²) >= 11 is 1.51. The minimum Gasteiger partial charge on any atom is -0.491 e. The van der Waals surface area contributed by atoms with Gasteiger partial charge in [0, 0.05) is 17.6 Å². The van der Waals surface area contributed by atoms with Crippen LogP contribution in [-0.2, 0) is 6.42 Å². The Labute approximate surface area is 139 Å². The summed E-state index contributed by atoms with van der Waals surface area (Å²) in [5.74, 6) is 1.32. The van der Waals surface area contributed by atoms with E-state index >= 15 is 0 Å². The van der Waals surface area contributed by atoms with Crippen molar-refractivity contribution >= 4 is 22.5 Å². The summed E-state index contributed by atoms with van der Waals surface area (Å²) < 4.78 is 5.70. The third kappa shape index (κ3) is 4.27. The average molecular weight is 328 g/mol. The van der Waals surface area contributed by atoms with Gasteiger partial charge in [0.25, 0.3) is 0 Å². The number of hydrogen-bond acceptors (Lipinski definition) is 4. The van der Waals surface area contributed by atoms with Gasteiger partial charge in [-0.1, -0.05) is 49.0 Å². The maximum atomic E-state index is 10.1. The Balaban J connectivity index is 1.50. The van der Waals surface area contributed by atoms with Crippen LogP contribution in [0.2, 0.25) is 0 Å². The van der Waals surface area contributed by atoms with Crippen molar-refractivity contribution in [3.05, 3.63) is 54.4 Å². The Morgan fingerprint density at radius 2 is 2.04 bits per heavy atom. The van der Waals surface area contributed by atoms with E-state index in [4.69, 9.17) is 4.74 Å². The number of nitrogens with zero attached hydrogens (tertiary/aromatic N) is 1. The molecule has 0 fully saturated rings. The molecule has 1 atom stereocenters. The van der Waals surface area contributed by atoms with E-state index in [2.05, 4.69) is 29.0 Å². The molecule has 0 saturated carbocycles. The third-order valence-electron chi connectivity index (χ3n) is 3.56. The second-order valence-corrected chi connectivity index (χ2v) is 6.36. The molecular formula is C18H20N2O2S. The van der Waals surface area contributed by atoms with Crippen LogP contribution in [0.25, 0.3) is 10.8 Å². The van der Waals surface area contributed by atoms with E-state index in [0.717, 1.165) is 28.4 Å². The Hall–Kier alpha value is -1.98. The summed E-state index contributed by atoms with van der Waals surface area (Å²) in [6.07, 6.45) is 2.23. The molecule has 3 aromatic rings. The minimum absolute atomic E-state index is 0.271. The maximum absolute atomic E-state index is 10.1. The first-order valence-corrected chi connectivity index (χ1v) is 8.69. The first kappa shape index (κ1) is 15.9. The molecular weight excluding hydrogens is 308 g/mol. The number of imidazole rings is 1. The van der Waals surface area contributed by atoms with Gasteiger partial charge in [-0.05, 0) is 29.3 Å². The van der Waals surface area contributed by atoms with Crippen molar-refractivity contribution in [3.63, 3.8) is 0 Å². The monoisotopic (exact) mass is 328 g/mol. The van der Waals surface area contributed by atoms with Gasteiger partial charge in [0.2, 0.25) is 0 Å². The Kier molecular flexibility index (Phi) is 5.20. The van der Waals surface area contributed by atoms with Crippen LogP contribution in [0.5, 0.6) is 5.75 Å². The van der Waals surface area contributed by atoms with Crippen molar-refractivity contribution in [2.24, 2.45) is 0 Å². The number of rotatable bonds is 7. The Morgan fingerprint density at radius 1 is 1.22 bits per heavy atom. The molecule has 0 bridgehead atoms. The molecule has 0 aliphatic rings. The van der Waals surface area contributed by atoms with E-state index in [1.54, 1.807) is 0 Å². The normalized spacial score (nSPS) is 12.4. The highest BCUT2D eigenvalue weighted by atomic mass is 32.2. The van der Waals surface area contributed by atoms with Crippen molar-refractivity contribution in [2.45, 2.75) is 24.6 Å². The largest absolute Gasteiger partial charge is 0.491 e. The third-order valence-corrected chi connectivity index (χ3v) is 4.59. The fraction of sp³-hybridized carbons (Fsp3) is 0.278. The summed E-state index contributed by atoms with van der Waals surface area (Å²) in [5, 5.41) is 13.2. The number of aromatic nitrogens is 2. The molecule has 0 spiro atoms. The SMILES string of the molecule is CCc1cnc(SCC(O)COc2ccc3ccccc3c2)[nH]1. The van der Waals surface area contributed by atoms with Crippen LogP contribution >= 0.6 is 11.8 Å². The number of hydrogen-bond donors (Lipinski definition) is 2. The average Bonchev–Trinajstić information content (AvgIpc) is 3.06. The van der Waals surface area contributed by atoms with Gasteiger partial charge >= 0.3 is 0 Å². The first-order valence-electron chi connectivity index (χ1n) is 7.71. The second kappa shape index (κ2) is 7.53. The molecule has 120 valence electrons. The second-order valence-electron chi connectivity index (χ2n) is 5.35. The zero-order chi connectivity index (χ0) is 16.1. The number of ether oxygens (including phenoxy) is 1. The van der Waals surface area contributed by atoms with Gasteiger partial charge in [0.15, 0.2) is 5.16 Å². The van der Waals surface area contributed by atoms with Crippen LogP contribution in [0.4, 0.5) is 0 Å². The zero-order valence-corrected chi connectivity index (χ0v) is 13.8. The first-order chi connectivity index (χ1) is 11.2. The van der Waals surface area contributed by atoms with E-state index in [-0.39, 0.29) is 6.61 Å². The number of thioether (sulfide) groups is 1. The predicted molar refractivity (Wildman–Crippen MR) is 94.1 cm³/mol. The molecule has 2 N–H and O–H groups in total. The number of aliphatic hydroxyl groups is 1. The fourth-order valence-corrected chi connectivity index (χ4v) is 3.04. The Morgan fingerprint density at radius 3 is 2.83 bits per heavy atom. The lowest BCUT2D eigenvalue weighted by molar-refractivity contribution is 0.126. The lowest BCUT2D eigenvalue weighted by atomic mass is 10.1. The molecule has 0 saturated heterocycles. The van der Waals surface area contributed by atoms with Crippen LogP contribution in [0.3, 0.4) is 0 Å². The van der Waals surface area contributed by atoms with Crippen molar-refractivity contribution in [1.29, 1.82) is 0 Å². The summed E-state index contributed by atoms with van der Waals surface area (Å²) in [6.45, 7) is 2.35. The lowest BCUT2D eigenvalue weighted by Gasteiger charge is -2.12. The van der Waals surface area contributed by atoms with Gasteiger partial charge in [-0.3, -0.25) is 0 Å². The summed E-state index contributed by atoms with van der Waals surface area (Å²) in [4.78, 5) is 7.48. The van der Waals surface area contributed by atoms with Gasteiger partial charge in [-0.2, -0.15) is 0 Å². The standard InChI is InChI=1S/C18H20N2O2S/c1-2-15-10-19-18(20-15)23-12-16(21)11-22-17-8-7-13-5-3-4-6-14(13)9-17/h3-10,16,21H,2,11-12H2,1H3,(H,19,20). The van der Waals surface area contributed by atoms with Crippen molar-refractivity contribution in [2.75, 3.05) is 12.4 Å². The van der Waals surface area contributed by atoms with Gasteiger partial charge in [-0.15, -0.1) is 0 Å². The number of aryl methyl sites for hydroxylation is 1. The predicted octanol–water partition coefficient (Wildman–Crippen LogP) is 3.66. The van der Waals surface area contributed by atoms with E-state index in [1.165, 1.54) is 17.1 Å². The number of aliphatic hydroxyl groups excluding tert-OH is 1. The zero-order valence-electron chi connectivity index (χ0n) is 13.0. The lowest BCUT2D eigenvalue weighted by Crippen LogP contribution is -2.20. The number of fused-ring (bicyclic) bond motifs is 1. The molecule has 0 radical (unpaired) electrons. The quantitative estimate of drug-likeness (QED) is 0.650. The summed E-state index contributed by atoms with van der Waals surface area (Å²) in [5.41, 5.74) is 1.11. The molecule has 1 heterocycles. The number of benzene rings is 2. The van der Waals surface area contributed by atoms with Crippen molar-refractivity contribution in [1.82, 2.24) is 9.97 Å². The molecule has 0 aliphatic heterocycles. The van der Waals surface area contributed by atoms with Crippen LogP contribution < -0.4 is 4.74 Å². The van der Waals surface area contributed by atoms with Gasteiger partial charge in [0.05, 0.1) is 6.10 Å². The molecule has 0 aliphatic carbocycles. The Bertz CT molecular complexity index is 772. The molecule has 4 nitrogen and oxygen atoms in total. The maximum Gasteiger partial charge on any atom is 0.165 e. The van der Waals surface area contributed by atoms with Crippen LogP contribution in [-0.4, -0.2) is 33.5 Å². The number of aromatic amines is 1. The molecule has 1 unspecified atom stereocenters. The van der Waals surface area contributed by atoms with Crippen molar-refractivity contribution in [3.8, 4) is 5.75 Å². The number of H-pyrrole nitrogens is 1. The van der Waals surface area contributed by atoms with E-state index in [0.29, 0.717) is 5.75 Å². The highest BCUT2D eigenvalue weighted by Crippen LogP contribution is 2.21. The highest BCUT2D eigenvalue weighted by molar-refractivity contribution is 7.99. The van der Waals surface area contributed by atoms with Gasteiger partial charge in [-0.25, -0.2) is 4.98 Å². The molecule has 0 amide bonds. The topological polar surface area (TPSA) is 58.1 Å². The van der Waals surface area contributed by atoms with E-state index in [9.17, 15) is 5.11 Å². The molecule has 5 heteroatoms. The van der Waals surface area contributed by atoms with Crippen LogP contribution in [0.15, 0.2) is 53.8 Å². The minimum atomic E-state index is -0.540. The van der Waals surface area contributed by atoms with Crippen LogP contribution in [0, 0.1) is 0 Å². The fourth-order valence-electron chi connectivity index (χ4n) is 2.26. The molecule has 1 aromatic heterocycles. The van der Waals surface area contributed by atoms with Gasteiger partial charge in [0.1, 0.15) is 12.4 Å². The van der Waals surface area contributed by atoms with Gasteiger partial charge < -0.3 is 14.8 Å². The highest BCUT2D eigenvalue weighted by Gasteiger charge is 2.08. The van der Waals surface area contributed by atoms with E-state index < -0.39 is 6.10 Å². The summed E-state index contributed by atoms with van der Waals surface area (Å²) in [6, 6.07) is 14.1. The molecule has 2 aromatic carbocycles. The summed E-state index contributed by atoms with van der Waals surface area (Å²) in [7, 11) is 0. The molecule has 23 heavy (non-hydrogen) atoms. The van der Waals surface area contributed by atoms with Crippen molar-refractivity contribution < 1.29 is 9.84 Å². The number of nitrogens with one attached hydrogen (secondary N) is 1. The molecule has 3 rings (SSSR count).